The van der Waals surface area contributed by atoms with Crippen molar-refractivity contribution in [3.05, 3.63) is 28.5 Å². The second kappa shape index (κ2) is 5.99. The van der Waals surface area contributed by atoms with E-state index < -0.39 is 26.6 Å². The highest BCUT2D eigenvalue weighted by atomic mass is 79.9. The van der Waals surface area contributed by atoms with Crippen molar-refractivity contribution in [2.75, 3.05) is 11.5 Å². The van der Waals surface area contributed by atoms with E-state index in [4.69, 9.17) is 0 Å². The maximum atomic E-state index is 13.4. The van der Waals surface area contributed by atoms with Crippen molar-refractivity contribution >= 4 is 36.8 Å². The molecule has 0 aliphatic carbocycles. The molecule has 0 bridgehead atoms. The predicted molar refractivity (Wildman–Crippen MR) is 75.3 cm³/mol. The van der Waals surface area contributed by atoms with Crippen LogP contribution in [0.15, 0.2) is 27.6 Å². The van der Waals surface area contributed by atoms with Crippen LogP contribution in [0.2, 0.25) is 0 Å². The van der Waals surface area contributed by atoms with E-state index >= 15 is 0 Å². The lowest BCUT2D eigenvalue weighted by molar-refractivity contribution is 0.521. The predicted octanol–water partition coefficient (Wildman–Crippen LogP) is 1.78. The fourth-order valence-electron chi connectivity index (χ4n) is 1.84. The lowest BCUT2D eigenvalue weighted by atomic mass is 10.2. The molecule has 0 aromatic heterocycles. The van der Waals surface area contributed by atoms with Gasteiger partial charge in [0.25, 0.3) is 0 Å². The smallest absolute Gasteiger partial charge is 0.240 e. The Morgan fingerprint density at radius 3 is 2.53 bits per heavy atom. The second-order valence-electron chi connectivity index (χ2n) is 4.32. The third-order valence-electron chi connectivity index (χ3n) is 2.91. The van der Waals surface area contributed by atoms with Gasteiger partial charge in [0.05, 0.1) is 9.37 Å². The Morgan fingerprint density at radius 2 is 1.95 bits per heavy atom. The van der Waals surface area contributed by atoms with E-state index in [9.17, 15) is 17.0 Å². The fraction of sp³-hybridized carbons (Fsp3) is 0.455. The summed E-state index contributed by atoms with van der Waals surface area (Å²) in [6.45, 7) is 0. The first kappa shape index (κ1) is 15.1. The lowest BCUT2D eigenvalue weighted by Crippen LogP contribution is -2.39. The molecule has 0 radical (unpaired) electrons. The van der Waals surface area contributed by atoms with Gasteiger partial charge in [-0.25, -0.2) is 17.5 Å². The highest BCUT2D eigenvalue weighted by Gasteiger charge is 2.24. The highest BCUT2D eigenvalue weighted by molar-refractivity contribution is 9.10. The molecule has 1 aromatic carbocycles. The van der Waals surface area contributed by atoms with E-state index in [2.05, 4.69) is 20.7 Å². The van der Waals surface area contributed by atoms with Crippen molar-refractivity contribution in [1.82, 2.24) is 4.72 Å². The van der Waals surface area contributed by atoms with Gasteiger partial charge in [0.15, 0.2) is 0 Å². The molecule has 0 saturated carbocycles. The number of sulfonamides is 1. The van der Waals surface area contributed by atoms with Crippen molar-refractivity contribution in [3.8, 4) is 0 Å². The molecular formula is C11H13BrFNO3S2. The van der Waals surface area contributed by atoms with Crippen LogP contribution in [0, 0.1) is 5.82 Å². The number of benzene rings is 1. The number of rotatable bonds is 3. The number of halogens is 2. The standard InChI is InChI=1S/C11H13BrFNO3S2/c12-10-2-1-9(7-11(10)13)19(16,17)14-8-3-5-18(15)6-4-8/h1-2,7-8,14H,3-6H2. The molecule has 8 heteroatoms. The number of hydrogen-bond donors (Lipinski definition) is 1. The summed E-state index contributed by atoms with van der Waals surface area (Å²) in [5, 5.41) is 0. The highest BCUT2D eigenvalue weighted by Crippen LogP contribution is 2.20. The van der Waals surface area contributed by atoms with Crippen molar-refractivity contribution in [3.63, 3.8) is 0 Å². The van der Waals surface area contributed by atoms with Crippen LogP contribution in [-0.4, -0.2) is 30.2 Å². The topological polar surface area (TPSA) is 63.2 Å². The quantitative estimate of drug-likeness (QED) is 0.882. The van der Waals surface area contributed by atoms with E-state index in [1.54, 1.807) is 0 Å². The van der Waals surface area contributed by atoms with Gasteiger partial charge in [-0.3, -0.25) is 4.21 Å². The molecule has 1 N–H and O–H groups in total. The van der Waals surface area contributed by atoms with Gasteiger partial charge in [-0.15, -0.1) is 0 Å². The Balaban J connectivity index is 2.13. The Kier molecular flexibility index (Phi) is 4.75. The van der Waals surface area contributed by atoms with Crippen LogP contribution in [0.3, 0.4) is 0 Å². The maximum Gasteiger partial charge on any atom is 0.240 e. The van der Waals surface area contributed by atoms with E-state index in [1.807, 2.05) is 0 Å². The van der Waals surface area contributed by atoms with Gasteiger partial charge in [-0.05, 0) is 47.0 Å². The Labute approximate surface area is 122 Å². The normalized spacial score (nSPS) is 24.3. The van der Waals surface area contributed by atoms with Crippen LogP contribution in [0.5, 0.6) is 0 Å². The van der Waals surface area contributed by atoms with E-state index in [-0.39, 0.29) is 15.4 Å². The van der Waals surface area contributed by atoms with Crippen molar-refractivity contribution < 1.29 is 17.0 Å². The molecular weight excluding hydrogens is 357 g/mol. The minimum atomic E-state index is -3.73. The maximum absolute atomic E-state index is 13.4. The molecule has 0 atom stereocenters. The molecule has 1 aliphatic heterocycles. The summed E-state index contributed by atoms with van der Waals surface area (Å²) < 4.78 is 51.5. The molecule has 19 heavy (non-hydrogen) atoms. The molecule has 106 valence electrons. The summed E-state index contributed by atoms with van der Waals surface area (Å²) in [5.41, 5.74) is 0. The first-order chi connectivity index (χ1) is 8.88. The van der Waals surface area contributed by atoms with Gasteiger partial charge in [-0.2, -0.15) is 0 Å². The zero-order valence-corrected chi connectivity index (χ0v) is 13.2. The molecule has 1 saturated heterocycles. The summed E-state index contributed by atoms with van der Waals surface area (Å²) in [7, 11) is -4.57. The summed E-state index contributed by atoms with van der Waals surface area (Å²) in [6, 6.07) is 3.46. The zero-order chi connectivity index (χ0) is 14.0. The molecule has 0 unspecified atom stereocenters. The van der Waals surface area contributed by atoms with Crippen LogP contribution < -0.4 is 4.72 Å². The fourth-order valence-corrected chi connectivity index (χ4v) is 4.71. The van der Waals surface area contributed by atoms with Gasteiger partial charge < -0.3 is 0 Å². The molecule has 0 spiro atoms. The van der Waals surface area contributed by atoms with Crippen molar-refractivity contribution in [2.45, 2.75) is 23.8 Å². The molecule has 0 amide bonds. The van der Waals surface area contributed by atoms with Gasteiger partial charge in [-0.1, -0.05) is 0 Å². The lowest BCUT2D eigenvalue weighted by Gasteiger charge is -2.22. The first-order valence-corrected chi connectivity index (χ1v) is 9.47. The molecule has 2 rings (SSSR count). The molecule has 1 fully saturated rings. The summed E-state index contributed by atoms with van der Waals surface area (Å²) in [5.74, 6) is 0.386. The monoisotopic (exact) mass is 369 g/mol. The van der Waals surface area contributed by atoms with E-state index in [0.29, 0.717) is 24.3 Å². The summed E-state index contributed by atoms with van der Waals surface area (Å²) >= 11 is 2.98. The number of hydrogen-bond acceptors (Lipinski definition) is 3. The molecule has 4 nitrogen and oxygen atoms in total. The van der Waals surface area contributed by atoms with E-state index in [0.717, 1.165) is 6.07 Å². The molecule has 1 heterocycles. The van der Waals surface area contributed by atoms with E-state index in [1.165, 1.54) is 12.1 Å². The molecule has 1 aliphatic rings. The zero-order valence-electron chi connectivity index (χ0n) is 9.93. The number of nitrogens with one attached hydrogen (secondary N) is 1. The largest absolute Gasteiger partial charge is 0.260 e. The van der Waals surface area contributed by atoms with Crippen LogP contribution in [0.1, 0.15) is 12.8 Å². The molecule has 1 aromatic rings. The van der Waals surface area contributed by atoms with Crippen LogP contribution in [0.25, 0.3) is 0 Å². The van der Waals surface area contributed by atoms with Crippen LogP contribution in [0.4, 0.5) is 4.39 Å². The second-order valence-corrected chi connectivity index (χ2v) is 8.58. The minimum Gasteiger partial charge on any atom is -0.260 e. The Bertz CT molecular complexity index is 596. The summed E-state index contributed by atoms with van der Waals surface area (Å²) in [4.78, 5) is -0.0973. The van der Waals surface area contributed by atoms with Crippen molar-refractivity contribution in [2.24, 2.45) is 0 Å². The van der Waals surface area contributed by atoms with Crippen molar-refractivity contribution in [1.29, 1.82) is 0 Å². The Morgan fingerprint density at radius 1 is 1.32 bits per heavy atom. The minimum absolute atomic E-state index is 0.0973. The van der Waals surface area contributed by atoms with Crippen LogP contribution >= 0.6 is 15.9 Å². The first-order valence-electron chi connectivity index (χ1n) is 5.71. The average molecular weight is 370 g/mol. The third kappa shape index (κ3) is 3.84. The summed E-state index contributed by atoms with van der Waals surface area (Å²) in [6.07, 6.45) is 1.09. The van der Waals surface area contributed by atoms with Gasteiger partial charge in [0.2, 0.25) is 10.0 Å². The SMILES string of the molecule is O=S1CCC(NS(=O)(=O)c2ccc(Br)c(F)c2)CC1. The average Bonchev–Trinajstić information content (AvgIpc) is 2.35. The third-order valence-corrected chi connectivity index (χ3v) is 6.45. The van der Waals surface area contributed by atoms with Crippen LogP contribution in [-0.2, 0) is 20.8 Å². The Hall–Kier alpha value is -0.310. The van der Waals surface area contributed by atoms with Gasteiger partial charge in [0, 0.05) is 28.3 Å². The van der Waals surface area contributed by atoms with Gasteiger partial charge >= 0.3 is 0 Å². The van der Waals surface area contributed by atoms with Gasteiger partial charge in [0.1, 0.15) is 5.82 Å².